The summed E-state index contributed by atoms with van der Waals surface area (Å²) in [5.41, 5.74) is 8.49. The van der Waals surface area contributed by atoms with Crippen LogP contribution in [0.25, 0.3) is 10.8 Å². The lowest BCUT2D eigenvalue weighted by atomic mass is 10.0. The Morgan fingerprint density at radius 1 is 0.913 bits per heavy atom. The number of hydrogen-bond acceptors (Lipinski definition) is 2. The van der Waals surface area contributed by atoms with Gasteiger partial charge >= 0.3 is 0 Å². The largest absolute Gasteiger partial charge is 0.329 e. The molecule has 0 aliphatic rings. The molecular formula is C20H21ClN2. The average Bonchev–Trinajstić information content (AvgIpc) is 2.60. The van der Waals surface area contributed by atoms with Crippen molar-refractivity contribution in [3.05, 3.63) is 82.9 Å². The van der Waals surface area contributed by atoms with E-state index in [0.717, 1.165) is 18.0 Å². The number of nitrogens with two attached hydrogens (primary N) is 1. The molecule has 0 saturated heterocycles. The van der Waals surface area contributed by atoms with Crippen molar-refractivity contribution < 1.29 is 0 Å². The Kier molecular flexibility index (Phi) is 5.29. The molecule has 3 aromatic carbocycles. The van der Waals surface area contributed by atoms with Gasteiger partial charge in [0.2, 0.25) is 0 Å². The van der Waals surface area contributed by atoms with Crippen LogP contribution >= 0.6 is 11.6 Å². The Labute approximate surface area is 142 Å². The number of halogens is 1. The second-order valence-corrected chi connectivity index (χ2v) is 6.22. The quantitative estimate of drug-likeness (QED) is 0.714. The molecule has 2 nitrogen and oxygen atoms in total. The third-order valence-corrected chi connectivity index (χ3v) is 4.39. The zero-order chi connectivity index (χ0) is 16.1. The van der Waals surface area contributed by atoms with Gasteiger partial charge in [-0.1, -0.05) is 66.2 Å². The summed E-state index contributed by atoms with van der Waals surface area (Å²) < 4.78 is 0. The van der Waals surface area contributed by atoms with Gasteiger partial charge in [-0.15, -0.1) is 0 Å². The standard InChI is InChI=1S/C20H21ClN2/c21-18-10-8-15(9-11-18)12-19(13-22)23-14-17-6-3-5-16-4-1-2-7-20(16)17/h1-11,19,23H,12-14,22H2. The summed E-state index contributed by atoms with van der Waals surface area (Å²) in [5.74, 6) is 0. The summed E-state index contributed by atoms with van der Waals surface area (Å²) in [7, 11) is 0. The first-order valence-electron chi connectivity index (χ1n) is 7.91. The first kappa shape index (κ1) is 16.0. The monoisotopic (exact) mass is 324 g/mol. The minimum Gasteiger partial charge on any atom is -0.329 e. The van der Waals surface area contributed by atoms with E-state index in [1.54, 1.807) is 0 Å². The minimum absolute atomic E-state index is 0.246. The molecule has 0 aliphatic carbocycles. The zero-order valence-electron chi connectivity index (χ0n) is 13.0. The van der Waals surface area contributed by atoms with E-state index in [1.165, 1.54) is 21.9 Å². The summed E-state index contributed by atoms with van der Waals surface area (Å²) in [5, 5.41) is 6.92. The number of hydrogen-bond donors (Lipinski definition) is 2. The van der Waals surface area contributed by atoms with Gasteiger partial charge in [0, 0.05) is 24.2 Å². The summed E-state index contributed by atoms with van der Waals surface area (Å²) in [4.78, 5) is 0. The lowest BCUT2D eigenvalue weighted by Gasteiger charge is -2.18. The lowest BCUT2D eigenvalue weighted by molar-refractivity contribution is 0.517. The van der Waals surface area contributed by atoms with Gasteiger partial charge in [0.05, 0.1) is 0 Å². The van der Waals surface area contributed by atoms with Crippen LogP contribution in [0.2, 0.25) is 5.02 Å². The van der Waals surface area contributed by atoms with Crippen LogP contribution in [0.4, 0.5) is 0 Å². The van der Waals surface area contributed by atoms with E-state index in [0.29, 0.717) is 6.54 Å². The van der Waals surface area contributed by atoms with Gasteiger partial charge in [0.1, 0.15) is 0 Å². The third kappa shape index (κ3) is 4.11. The highest BCUT2D eigenvalue weighted by atomic mass is 35.5. The molecule has 0 saturated carbocycles. The van der Waals surface area contributed by atoms with Crippen molar-refractivity contribution in [1.29, 1.82) is 0 Å². The molecule has 0 bridgehead atoms. The van der Waals surface area contributed by atoms with Gasteiger partial charge in [-0.05, 0) is 40.5 Å². The van der Waals surface area contributed by atoms with Crippen LogP contribution in [-0.2, 0) is 13.0 Å². The topological polar surface area (TPSA) is 38.0 Å². The maximum Gasteiger partial charge on any atom is 0.0406 e. The molecule has 0 aromatic heterocycles. The third-order valence-electron chi connectivity index (χ3n) is 4.14. The fourth-order valence-corrected chi connectivity index (χ4v) is 2.97. The van der Waals surface area contributed by atoms with Gasteiger partial charge < -0.3 is 11.1 Å². The molecule has 0 amide bonds. The average molecular weight is 325 g/mol. The second kappa shape index (κ2) is 7.60. The van der Waals surface area contributed by atoms with Gasteiger partial charge in [-0.3, -0.25) is 0 Å². The number of rotatable bonds is 6. The van der Waals surface area contributed by atoms with Gasteiger partial charge in [-0.25, -0.2) is 0 Å². The van der Waals surface area contributed by atoms with Gasteiger partial charge in [0.15, 0.2) is 0 Å². The molecule has 3 aromatic rings. The van der Waals surface area contributed by atoms with Crippen molar-refractivity contribution in [2.45, 2.75) is 19.0 Å². The highest BCUT2D eigenvalue weighted by molar-refractivity contribution is 6.30. The van der Waals surface area contributed by atoms with Gasteiger partial charge in [0.25, 0.3) is 0 Å². The van der Waals surface area contributed by atoms with Crippen LogP contribution < -0.4 is 11.1 Å². The van der Waals surface area contributed by atoms with Crippen LogP contribution in [0, 0.1) is 0 Å². The molecule has 0 heterocycles. The molecule has 1 atom stereocenters. The predicted molar refractivity (Wildman–Crippen MR) is 98.8 cm³/mol. The van der Waals surface area contributed by atoms with Crippen molar-refractivity contribution in [3.8, 4) is 0 Å². The van der Waals surface area contributed by atoms with Crippen molar-refractivity contribution in [1.82, 2.24) is 5.32 Å². The van der Waals surface area contributed by atoms with E-state index < -0.39 is 0 Å². The van der Waals surface area contributed by atoms with Gasteiger partial charge in [-0.2, -0.15) is 0 Å². The fourth-order valence-electron chi connectivity index (χ4n) is 2.84. The minimum atomic E-state index is 0.246. The Morgan fingerprint density at radius 3 is 2.43 bits per heavy atom. The summed E-state index contributed by atoms with van der Waals surface area (Å²) in [6.45, 7) is 1.42. The zero-order valence-corrected chi connectivity index (χ0v) is 13.8. The van der Waals surface area contributed by atoms with E-state index in [2.05, 4.69) is 59.9 Å². The van der Waals surface area contributed by atoms with Crippen LogP contribution in [0.5, 0.6) is 0 Å². The molecular weight excluding hydrogens is 304 g/mol. The fraction of sp³-hybridized carbons (Fsp3) is 0.200. The normalized spacial score (nSPS) is 12.4. The molecule has 3 rings (SSSR count). The summed E-state index contributed by atoms with van der Waals surface area (Å²) in [6.07, 6.45) is 0.901. The Bertz CT molecular complexity index is 763. The van der Waals surface area contributed by atoms with Crippen LogP contribution in [0.3, 0.4) is 0 Å². The predicted octanol–water partition coefficient (Wildman–Crippen LogP) is 4.15. The van der Waals surface area contributed by atoms with Crippen molar-refractivity contribution in [2.75, 3.05) is 6.54 Å². The molecule has 0 spiro atoms. The molecule has 3 N–H and O–H groups in total. The molecule has 3 heteroatoms. The lowest BCUT2D eigenvalue weighted by Crippen LogP contribution is -2.37. The second-order valence-electron chi connectivity index (χ2n) is 5.78. The van der Waals surface area contributed by atoms with E-state index in [9.17, 15) is 0 Å². The first-order valence-corrected chi connectivity index (χ1v) is 8.28. The van der Waals surface area contributed by atoms with E-state index >= 15 is 0 Å². The van der Waals surface area contributed by atoms with E-state index in [1.807, 2.05) is 12.1 Å². The molecule has 0 radical (unpaired) electrons. The molecule has 23 heavy (non-hydrogen) atoms. The van der Waals surface area contributed by atoms with Crippen LogP contribution in [0.1, 0.15) is 11.1 Å². The highest BCUT2D eigenvalue weighted by Gasteiger charge is 2.08. The Hall–Kier alpha value is -1.87. The number of nitrogens with one attached hydrogen (secondary N) is 1. The molecule has 1 unspecified atom stereocenters. The SMILES string of the molecule is NCC(Cc1ccc(Cl)cc1)NCc1cccc2ccccc12. The smallest absolute Gasteiger partial charge is 0.0406 e. The Morgan fingerprint density at radius 2 is 1.65 bits per heavy atom. The van der Waals surface area contributed by atoms with Crippen molar-refractivity contribution in [3.63, 3.8) is 0 Å². The number of benzene rings is 3. The van der Waals surface area contributed by atoms with Crippen LogP contribution in [-0.4, -0.2) is 12.6 Å². The van der Waals surface area contributed by atoms with Crippen LogP contribution in [0.15, 0.2) is 66.7 Å². The summed E-state index contributed by atoms with van der Waals surface area (Å²) in [6, 6.07) is 23.1. The molecule has 118 valence electrons. The van der Waals surface area contributed by atoms with E-state index in [4.69, 9.17) is 17.3 Å². The summed E-state index contributed by atoms with van der Waals surface area (Å²) >= 11 is 5.94. The first-order chi connectivity index (χ1) is 11.3. The maximum atomic E-state index is 5.94. The Balaban J connectivity index is 1.68. The van der Waals surface area contributed by atoms with Crippen molar-refractivity contribution in [2.24, 2.45) is 5.73 Å². The number of fused-ring (bicyclic) bond motifs is 1. The highest BCUT2D eigenvalue weighted by Crippen LogP contribution is 2.18. The maximum absolute atomic E-state index is 5.94. The van der Waals surface area contributed by atoms with Crippen molar-refractivity contribution >= 4 is 22.4 Å². The molecule has 0 fully saturated rings. The molecule has 0 aliphatic heterocycles. The van der Waals surface area contributed by atoms with E-state index in [-0.39, 0.29) is 6.04 Å².